The zero-order chi connectivity index (χ0) is 14.7. The summed E-state index contributed by atoms with van der Waals surface area (Å²) >= 11 is 0. The maximum Gasteiger partial charge on any atom is 0.255 e. The first kappa shape index (κ1) is 13.3. The number of carbonyl (C=O) groups excluding carboxylic acids is 1. The molecule has 3 rings (SSSR count). The van der Waals surface area contributed by atoms with Crippen LogP contribution in [0, 0.1) is 0 Å². The lowest BCUT2D eigenvalue weighted by Crippen LogP contribution is -2.12. The Morgan fingerprint density at radius 2 is 1.81 bits per heavy atom. The molecule has 0 aliphatic heterocycles. The largest absolute Gasteiger partial charge is 0.326 e. The number of hydrogen-bond acceptors (Lipinski definition) is 3. The third-order valence-electron chi connectivity index (χ3n) is 3.33. The minimum atomic E-state index is -0.156. The van der Waals surface area contributed by atoms with Crippen LogP contribution in [0.3, 0.4) is 0 Å². The van der Waals surface area contributed by atoms with Crippen molar-refractivity contribution in [1.29, 1.82) is 0 Å². The van der Waals surface area contributed by atoms with Crippen molar-refractivity contribution in [3.8, 4) is 0 Å². The molecule has 3 aromatic rings. The van der Waals surface area contributed by atoms with Crippen LogP contribution in [-0.4, -0.2) is 10.9 Å². The summed E-state index contributed by atoms with van der Waals surface area (Å²) < 4.78 is 0. The van der Waals surface area contributed by atoms with Crippen molar-refractivity contribution in [1.82, 2.24) is 4.98 Å². The zero-order valence-electron chi connectivity index (χ0n) is 11.4. The lowest BCUT2D eigenvalue weighted by Gasteiger charge is -2.08. The van der Waals surface area contributed by atoms with Gasteiger partial charge in [0.2, 0.25) is 0 Å². The molecule has 4 heteroatoms. The van der Waals surface area contributed by atoms with Crippen molar-refractivity contribution < 1.29 is 4.79 Å². The number of para-hydroxylation sites is 1. The number of fused-ring (bicyclic) bond motifs is 1. The number of amides is 1. The fourth-order valence-corrected chi connectivity index (χ4v) is 2.19. The van der Waals surface area contributed by atoms with Gasteiger partial charge in [0.05, 0.1) is 11.2 Å². The van der Waals surface area contributed by atoms with E-state index in [0.29, 0.717) is 17.8 Å². The van der Waals surface area contributed by atoms with Crippen molar-refractivity contribution in [3.63, 3.8) is 0 Å². The van der Waals surface area contributed by atoms with E-state index < -0.39 is 0 Å². The zero-order valence-corrected chi connectivity index (χ0v) is 11.4. The number of carbonyl (C=O) groups is 1. The number of aromatic nitrogens is 1. The third-order valence-corrected chi connectivity index (χ3v) is 3.33. The third kappa shape index (κ3) is 2.75. The number of pyridine rings is 1. The van der Waals surface area contributed by atoms with E-state index >= 15 is 0 Å². The van der Waals surface area contributed by atoms with Gasteiger partial charge in [-0.2, -0.15) is 0 Å². The number of nitrogens with two attached hydrogens (primary N) is 1. The molecule has 1 heterocycles. The lowest BCUT2D eigenvalue weighted by molar-refractivity contribution is 0.102. The topological polar surface area (TPSA) is 68.0 Å². The summed E-state index contributed by atoms with van der Waals surface area (Å²) in [5.74, 6) is -0.156. The van der Waals surface area contributed by atoms with Crippen molar-refractivity contribution in [2.45, 2.75) is 6.54 Å². The van der Waals surface area contributed by atoms with Gasteiger partial charge in [-0.15, -0.1) is 0 Å². The highest BCUT2D eigenvalue weighted by molar-refractivity contribution is 6.08. The Morgan fingerprint density at radius 1 is 1.05 bits per heavy atom. The van der Waals surface area contributed by atoms with E-state index in [0.717, 1.165) is 16.5 Å². The Balaban J connectivity index is 1.89. The predicted molar refractivity (Wildman–Crippen MR) is 84.0 cm³/mol. The number of rotatable bonds is 3. The molecule has 0 radical (unpaired) electrons. The number of hydrogen-bond donors (Lipinski definition) is 2. The van der Waals surface area contributed by atoms with Crippen LogP contribution in [0.1, 0.15) is 15.9 Å². The van der Waals surface area contributed by atoms with Gasteiger partial charge in [0, 0.05) is 23.7 Å². The van der Waals surface area contributed by atoms with Gasteiger partial charge in [0.1, 0.15) is 0 Å². The van der Waals surface area contributed by atoms with E-state index in [4.69, 9.17) is 5.73 Å². The van der Waals surface area contributed by atoms with Gasteiger partial charge < -0.3 is 11.1 Å². The number of nitrogens with zero attached hydrogens (tertiary/aromatic N) is 1. The first-order valence-electron chi connectivity index (χ1n) is 6.72. The molecule has 1 amide bonds. The summed E-state index contributed by atoms with van der Waals surface area (Å²) in [5.41, 5.74) is 8.64. The summed E-state index contributed by atoms with van der Waals surface area (Å²) in [5, 5.41) is 3.90. The van der Waals surface area contributed by atoms with E-state index in [9.17, 15) is 4.79 Å². The average molecular weight is 277 g/mol. The fourth-order valence-electron chi connectivity index (χ4n) is 2.19. The van der Waals surface area contributed by atoms with Crippen LogP contribution in [-0.2, 0) is 6.54 Å². The van der Waals surface area contributed by atoms with E-state index in [1.54, 1.807) is 18.3 Å². The first-order valence-corrected chi connectivity index (χ1v) is 6.72. The van der Waals surface area contributed by atoms with Crippen molar-refractivity contribution in [3.05, 3.63) is 71.9 Å². The fraction of sp³-hybridized carbons (Fsp3) is 0.0588. The molecule has 0 spiro atoms. The average Bonchev–Trinajstić information content (AvgIpc) is 2.55. The first-order chi connectivity index (χ1) is 10.3. The number of anilines is 1. The van der Waals surface area contributed by atoms with Crippen molar-refractivity contribution >= 4 is 22.5 Å². The molecule has 0 aliphatic rings. The molecule has 2 aromatic carbocycles. The van der Waals surface area contributed by atoms with Gasteiger partial charge in [0.25, 0.3) is 5.91 Å². The molecule has 0 saturated heterocycles. The van der Waals surface area contributed by atoms with Crippen LogP contribution in [0.25, 0.3) is 10.9 Å². The van der Waals surface area contributed by atoms with Gasteiger partial charge in [-0.1, -0.05) is 30.3 Å². The standard InChI is InChI=1S/C17H15N3O/c18-11-12-6-8-14(9-7-12)17(21)20-15-5-1-3-13-4-2-10-19-16(13)15/h1-10H,11,18H2,(H,20,21). The molecule has 3 N–H and O–H groups in total. The van der Waals surface area contributed by atoms with E-state index in [-0.39, 0.29) is 5.91 Å². The van der Waals surface area contributed by atoms with Gasteiger partial charge in [-0.25, -0.2) is 0 Å². The highest BCUT2D eigenvalue weighted by Crippen LogP contribution is 2.21. The normalized spacial score (nSPS) is 10.5. The Kier molecular flexibility index (Phi) is 3.62. The van der Waals surface area contributed by atoms with Gasteiger partial charge in [-0.3, -0.25) is 9.78 Å². The van der Waals surface area contributed by atoms with Gasteiger partial charge >= 0.3 is 0 Å². The molecule has 1 aromatic heterocycles. The van der Waals surface area contributed by atoms with E-state index in [1.807, 2.05) is 42.5 Å². The molecule has 0 atom stereocenters. The van der Waals surface area contributed by atoms with Crippen LogP contribution in [0.5, 0.6) is 0 Å². The summed E-state index contributed by atoms with van der Waals surface area (Å²) in [6.45, 7) is 0.467. The number of benzene rings is 2. The molecule has 4 nitrogen and oxygen atoms in total. The summed E-state index contributed by atoms with van der Waals surface area (Å²) in [7, 11) is 0. The number of nitrogens with one attached hydrogen (secondary N) is 1. The van der Waals surface area contributed by atoms with Crippen LogP contribution in [0.2, 0.25) is 0 Å². The maximum absolute atomic E-state index is 12.3. The summed E-state index contributed by atoms with van der Waals surface area (Å²) in [4.78, 5) is 16.6. The minimum absolute atomic E-state index is 0.156. The lowest BCUT2D eigenvalue weighted by atomic mass is 10.1. The highest BCUT2D eigenvalue weighted by atomic mass is 16.1. The summed E-state index contributed by atoms with van der Waals surface area (Å²) in [6.07, 6.45) is 1.72. The van der Waals surface area contributed by atoms with E-state index in [1.165, 1.54) is 0 Å². The molecular formula is C17H15N3O. The Morgan fingerprint density at radius 3 is 2.57 bits per heavy atom. The van der Waals surface area contributed by atoms with Crippen molar-refractivity contribution in [2.75, 3.05) is 5.32 Å². The van der Waals surface area contributed by atoms with Crippen LogP contribution in [0.4, 0.5) is 5.69 Å². The smallest absolute Gasteiger partial charge is 0.255 e. The molecular weight excluding hydrogens is 262 g/mol. The summed E-state index contributed by atoms with van der Waals surface area (Å²) in [6, 6.07) is 16.8. The van der Waals surface area contributed by atoms with Gasteiger partial charge in [0.15, 0.2) is 0 Å². The monoisotopic (exact) mass is 277 g/mol. The molecule has 0 aliphatic carbocycles. The maximum atomic E-state index is 12.3. The van der Waals surface area contributed by atoms with Crippen LogP contribution in [0.15, 0.2) is 60.8 Å². The minimum Gasteiger partial charge on any atom is -0.326 e. The molecule has 0 fully saturated rings. The van der Waals surface area contributed by atoms with E-state index in [2.05, 4.69) is 10.3 Å². The molecule has 0 unspecified atom stereocenters. The van der Waals surface area contributed by atoms with Crippen LogP contribution < -0.4 is 11.1 Å². The molecule has 104 valence electrons. The molecule has 0 saturated carbocycles. The van der Waals surface area contributed by atoms with Crippen molar-refractivity contribution in [2.24, 2.45) is 5.73 Å². The quantitative estimate of drug-likeness (QED) is 0.773. The molecule has 0 bridgehead atoms. The second kappa shape index (κ2) is 5.73. The molecule has 21 heavy (non-hydrogen) atoms. The Labute approximate surface area is 122 Å². The second-order valence-electron chi connectivity index (χ2n) is 4.74. The SMILES string of the molecule is NCc1ccc(C(=O)Nc2cccc3cccnc23)cc1. The second-order valence-corrected chi connectivity index (χ2v) is 4.74. The van der Waals surface area contributed by atoms with Crippen LogP contribution >= 0.6 is 0 Å². The predicted octanol–water partition coefficient (Wildman–Crippen LogP) is 2.95. The Hall–Kier alpha value is -2.72. The Bertz CT molecular complexity index is 776. The highest BCUT2D eigenvalue weighted by Gasteiger charge is 2.08. The van der Waals surface area contributed by atoms with Gasteiger partial charge in [-0.05, 0) is 29.8 Å².